The van der Waals surface area contributed by atoms with Crippen LogP contribution in [0.3, 0.4) is 0 Å². The molecule has 0 unspecified atom stereocenters. The second-order valence-electron chi connectivity index (χ2n) is 32.1. The number of nitrogens with zero attached hydrogens (tertiary/aromatic N) is 10. The van der Waals surface area contributed by atoms with Crippen molar-refractivity contribution in [1.82, 2.24) is 48.7 Å². The Morgan fingerprint density at radius 2 is 1.09 bits per heavy atom. The van der Waals surface area contributed by atoms with Gasteiger partial charge in [-0.15, -0.1) is 0 Å². The number of allylic oxidation sites excluding steroid dienone is 2. The maximum Gasteiger partial charge on any atom is 0.324 e. The summed E-state index contributed by atoms with van der Waals surface area (Å²) >= 11 is 12.5. The van der Waals surface area contributed by atoms with Crippen LogP contribution >= 0.6 is 23.2 Å². The molecule has 2 amide bonds. The average Bonchev–Trinajstić information content (AvgIpc) is 0.931. The number of ether oxygens (including phenoxy) is 6. The third-order valence-corrected chi connectivity index (χ3v) is 27.4. The van der Waals surface area contributed by atoms with Gasteiger partial charge in [0.2, 0.25) is 5.88 Å². The molecule has 10 aromatic rings. The summed E-state index contributed by atoms with van der Waals surface area (Å²) in [5, 5.41) is 26.9. The molecule has 6 aromatic heterocycles. The fraction of sp³-hybridized carbons (Fsp3) is 0.398. The van der Waals surface area contributed by atoms with Crippen molar-refractivity contribution < 1.29 is 64.7 Å². The lowest BCUT2D eigenvalue weighted by Crippen LogP contribution is -2.47. The zero-order chi connectivity index (χ0) is 85.1. The number of methoxy groups -OCH3 is 2. The Morgan fingerprint density at radius 1 is 0.557 bits per heavy atom. The number of nitrogens with one attached hydrogen (secondary N) is 4. The second-order valence-corrected chi connectivity index (χ2v) is 36.3. The van der Waals surface area contributed by atoms with Gasteiger partial charge >= 0.3 is 5.82 Å². The van der Waals surface area contributed by atoms with Crippen molar-refractivity contribution in [2.45, 2.75) is 106 Å². The number of fused-ring (bicyclic) bond motifs is 2. The monoisotopic (exact) mass is 1740 g/mol. The van der Waals surface area contributed by atoms with E-state index in [1.807, 2.05) is 36.4 Å². The first-order valence-electron chi connectivity index (χ1n) is 41.1. The number of carbonyl (C=O) groups is 2. The number of anilines is 2. The van der Waals surface area contributed by atoms with Crippen molar-refractivity contribution in [3.05, 3.63) is 228 Å². The van der Waals surface area contributed by atoms with E-state index < -0.39 is 57.3 Å². The molecule has 4 aliphatic carbocycles. The third-order valence-electron chi connectivity index (χ3n) is 24.3. The first-order valence-corrected chi connectivity index (χ1v) is 44.9. The van der Waals surface area contributed by atoms with Gasteiger partial charge in [-0.05, 0) is 194 Å². The summed E-state index contributed by atoms with van der Waals surface area (Å²) in [6, 6.07) is 36.5. The molecule has 4 aromatic carbocycles. The first kappa shape index (κ1) is 86.3. The molecule has 642 valence electrons. The van der Waals surface area contributed by atoms with Gasteiger partial charge in [-0.1, -0.05) is 77.5 Å². The fourth-order valence-corrected chi connectivity index (χ4v) is 19.4. The van der Waals surface area contributed by atoms with Crippen molar-refractivity contribution in [2.75, 3.05) is 129 Å². The molecular formula is C88H98Cl2N14O16S2. The molecule has 0 radical (unpaired) electrons. The van der Waals surface area contributed by atoms with Crippen molar-refractivity contribution in [3.63, 3.8) is 0 Å². The zero-order valence-electron chi connectivity index (χ0n) is 68.0. The molecule has 0 atom stereocenters. The van der Waals surface area contributed by atoms with E-state index in [0.717, 1.165) is 127 Å². The summed E-state index contributed by atoms with van der Waals surface area (Å²) < 4.78 is 93.0. The van der Waals surface area contributed by atoms with Crippen molar-refractivity contribution in [2.24, 2.45) is 10.8 Å². The predicted molar refractivity (Wildman–Crippen MR) is 465 cm³/mol. The number of rotatable bonds is 33. The predicted octanol–water partition coefficient (Wildman–Crippen LogP) is 15.4. The lowest BCUT2D eigenvalue weighted by atomic mass is 9.59. The van der Waals surface area contributed by atoms with Crippen LogP contribution in [0.5, 0.6) is 23.1 Å². The Kier molecular flexibility index (Phi) is 27.2. The van der Waals surface area contributed by atoms with Crippen molar-refractivity contribution in [3.8, 4) is 23.1 Å². The van der Waals surface area contributed by atoms with E-state index in [0.29, 0.717) is 90.9 Å². The van der Waals surface area contributed by atoms with Gasteiger partial charge in [-0.25, -0.2) is 40.8 Å². The minimum atomic E-state index is -4.57. The summed E-state index contributed by atoms with van der Waals surface area (Å²) in [6.45, 7) is 9.74. The Labute approximate surface area is 717 Å². The topological polar surface area (TPSA) is 356 Å². The van der Waals surface area contributed by atoms with Crippen molar-refractivity contribution in [1.29, 1.82) is 0 Å². The lowest BCUT2D eigenvalue weighted by Gasteiger charge is -2.47. The van der Waals surface area contributed by atoms with Gasteiger partial charge in [0.05, 0.1) is 66.9 Å². The largest absolute Gasteiger partial charge is 0.455 e. The quantitative estimate of drug-likeness (QED) is 0.0169. The number of nitro benzene ring substituents is 1. The van der Waals surface area contributed by atoms with Crippen LogP contribution in [0.25, 0.3) is 33.2 Å². The van der Waals surface area contributed by atoms with Crippen LogP contribution in [-0.2, 0) is 52.0 Å². The van der Waals surface area contributed by atoms with Crippen LogP contribution < -0.4 is 28.7 Å². The lowest BCUT2D eigenvalue weighted by molar-refractivity contribution is -0.392. The molecule has 122 heavy (non-hydrogen) atoms. The van der Waals surface area contributed by atoms with Crippen molar-refractivity contribution >= 4 is 111 Å². The maximum atomic E-state index is 13.9. The highest BCUT2D eigenvalue weighted by atomic mass is 35.5. The van der Waals surface area contributed by atoms with Gasteiger partial charge in [-0.2, -0.15) is 4.98 Å². The SMILES string of the molecule is COCCOCCCc1ccc(S(=O)(=O)NC(=O)c2ccc(N3CCN(CC4=C(c5ccc(Cl)cc5)CC5(CCC5)CC4)CC3)nc2Oc2cnc3[nH]ccc3c2)cc1[N+](=O)[O-].COCCOCCn1cc(S(=O)(=O)NC(=O)c2ccc(N3CCN(CC4=C(c5ccc(Cl)cc5)CC5(CCC5)CC4)CC3)cc2Oc2cnc3[nH]ccc3c2)cc1[N+](=O)[O-]. The van der Waals surface area contributed by atoms with Crippen LogP contribution in [-0.4, -0.2) is 197 Å². The third kappa shape index (κ3) is 20.6. The number of amides is 2. The van der Waals surface area contributed by atoms with Crippen LogP contribution in [0, 0.1) is 31.1 Å². The smallest absolute Gasteiger partial charge is 0.324 e. The van der Waals surface area contributed by atoms with E-state index >= 15 is 0 Å². The summed E-state index contributed by atoms with van der Waals surface area (Å²) in [4.78, 5) is 78.3. The van der Waals surface area contributed by atoms with Gasteiger partial charge < -0.3 is 58.3 Å². The van der Waals surface area contributed by atoms with Crippen LogP contribution in [0.4, 0.5) is 23.0 Å². The van der Waals surface area contributed by atoms with E-state index in [-0.39, 0.29) is 54.6 Å². The number of piperazine rings is 2. The molecule has 34 heteroatoms. The highest BCUT2D eigenvalue weighted by Gasteiger charge is 2.43. The second kappa shape index (κ2) is 38.4. The van der Waals surface area contributed by atoms with Gasteiger partial charge in [0, 0.05) is 143 Å². The fourth-order valence-electron chi connectivity index (χ4n) is 17.2. The number of aromatic amines is 2. The first-order chi connectivity index (χ1) is 59.0. The average molecular weight is 1740 g/mol. The molecule has 4 fully saturated rings. The van der Waals surface area contributed by atoms with E-state index in [1.165, 1.54) is 129 Å². The van der Waals surface area contributed by atoms with Crippen LogP contribution in [0.1, 0.15) is 121 Å². The molecule has 6 aliphatic rings. The number of aryl methyl sites for hydroxylation is 1. The van der Waals surface area contributed by atoms with E-state index in [4.69, 9.17) is 56.6 Å². The summed E-state index contributed by atoms with van der Waals surface area (Å²) in [7, 11) is -6.04. The molecule has 8 heterocycles. The van der Waals surface area contributed by atoms with Gasteiger partial charge in [0.1, 0.15) is 57.6 Å². The number of benzene rings is 4. The minimum Gasteiger partial charge on any atom is -0.455 e. The normalized spacial score (nSPS) is 16.8. The Hall–Kier alpha value is -10.7. The number of carbonyl (C=O) groups excluding carboxylic acids is 2. The number of nitro groups is 2. The van der Waals surface area contributed by atoms with Gasteiger partial charge in [0.25, 0.3) is 37.5 Å². The van der Waals surface area contributed by atoms with E-state index in [9.17, 15) is 46.7 Å². The van der Waals surface area contributed by atoms with Crippen LogP contribution in [0.15, 0.2) is 179 Å². The number of pyridine rings is 3. The number of sulfonamides is 2. The molecule has 2 aliphatic heterocycles. The molecule has 4 N–H and O–H groups in total. The zero-order valence-corrected chi connectivity index (χ0v) is 71.2. The van der Waals surface area contributed by atoms with Gasteiger partial charge in [-0.3, -0.25) is 29.5 Å². The number of halogens is 2. The summed E-state index contributed by atoms with van der Waals surface area (Å²) in [5.41, 5.74) is 11.3. The summed E-state index contributed by atoms with van der Waals surface area (Å²) in [6.07, 6.45) is 23.1. The molecular weight excluding hydrogens is 1640 g/mol. The molecule has 2 saturated carbocycles. The van der Waals surface area contributed by atoms with E-state index in [1.54, 1.807) is 49.8 Å². The number of H-pyrrole nitrogens is 2. The molecule has 30 nitrogen and oxygen atoms in total. The minimum absolute atomic E-state index is 0.0136. The number of aromatic nitrogens is 6. The Balaban J connectivity index is 0.000000190. The molecule has 2 spiro atoms. The highest BCUT2D eigenvalue weighted by Crippen LogP contribution is 2.57. The molecule has 2 saturated heterocycles. The highest BCUT2D eigenvalue weighted by molar-refractivity contribution is 7.90. The summed E-state index contributed by atoms with van der Waals surface area (Å²) in [5.74, 6) is -1.22. The van der Waals surface area contributed by atoms with E-state index in [2.05, 4.69) is 73.2 Å². The molecule has 16 rings (SSSR count). The Bertz CT molecular complexity index is 5780. The number of hydrogen-bond donors (Lipinski definition) is 4. The number of hydrogen-bond acceptors (Lipinski definition) is 23. The standard InChI is InChI=1S/C45H50ClN7O8S.C43H48ClN7O8S/c1-59-24-25-60-23-2-4-32-7-10-37(27-40(32)53(55)56)62(57,58)50-43(54)38-11-12-41(49-44(38)61-36-26-33-14-18-47-42(33)48-29-36)52-21-19-51(20-22-52)30-34-13-17-45(15-3-16-45)28-39(34)31-5-8-35(46)9-6-31;1-57-21-22-58-20-19-50-29-36(25-40(50)51(53)54)60(55,56)47-42(52)37-8-7-34(24-39(37)59-35-23-31-10-14-45-41(31)46-27-35)49-17-15-48(16-18-49)28-32-9-13-43(11-2-12-43)26-38(32)30-3-5-33(44)6-4-30/h5-12,14,18,26-27,29H,2-4,13,15-17,19-25,28,30H2,1H3,(H,47,48)(H,50,54);3-8,10,14,23-25,27,29H,2,9,11-13,15-22,26,28H2,1H3,(H,45,46)(H,47,52). The van der Waals surface area contributed by atoms with Gasteiger partial charge in [0.15, 0.2) is 0 Å². The van der Waals surface area contributed by atoms with Crippen LogP contribution in [0.2, 0.25) is 10.0 Å². The molecule has 0 bridgehead atoms. The maximum absolute atomic E-state index is 13.9. The Morgan fingerprint density at radius 3 is 1.63 bits per heavy atom.